The third-order valence-corrected chi connectivity index (χ3v) is 4.18. The van der Waals surface area contributed by atoms with Gasteiger partial charge >= 0.3 is 0 Å². The zero-order valence-corrected chi connectivity index (χ0v) is 12.8. The lowest BCUT2D eigenvalue weighted by atomic mass is 10.1. The highest BCUT2D eigenvalue weighted by atomic mass is 19.1. The summed E-state index contributed by atoms with van der Waals surface area (Å²) in [4.78, 5) is 15.6. The predicted octanol–water partition coefficient (Wildman–Crippen LogP) is 1.75. The van der Waals surface area contributed by atoms with Crippen LogP contribution in [0.25, 0.3) is 0 Å². The second-order valence-corrected chi connectivity index (χ2v) is 5.80. The van der Waals surface area contributed by atoms with Crippen LogP contribution < -0.4 is 4.74 Å². The van der Waals surface area contributed by atoms with E-state index in [1.165, 1.54) is 12.1 Å². The van der Waals surface area contributed by atoms with E-state index in [-0.39, 0.29) is 18.5 Å². The normalized spacial score (nSPS) is 19.3. The van der Waals surface area contributed by atoms with E-state index in [0.29, 0.717) is 13.2 Å². The molecule has 0 atom stereocenters. The van der Waals surface area contributed by atoms with E-state index in [4.69, 9.17) is 9.47 Å². The number of ether oxygens (including phenoxy) is 2. The van der Waals surface area contributed by atoms with Crippen molar-refractivity contribution >= 4 is 5.91 Å². The monoisotopic (exact) mass is 308 g/mol. The van der Waals surface area contributed by atoms with E-state index in [0.717, 1.165) is 49.5 Å². The summed E-state index contributed by atoms with van der Waals surface area (Å²) in [6.45, 7) is 6.03. The smallest absolute Gasteiger partial charge is 0.219 e. The van der Waals surface area contributed by atoms with Crippen LogP contribution in [0, 0.1) is 5.82 Å². The van der Waals surface area contributed by atoms with Crippen molar-refractivity contribution in [2.75, 3.05) is 33.0 Å². The van der Waals surface area contributed by atoms with Gasteiger partial charge in [-0.2, -0.15) is 0 Å². The maximum Gasteiger partial charge on any atom is 0.219 e. The third kappa shape index (κ3) is 3.39. The van der Waals surface area contributed by atoms with Gasteiger partial charge in [-0.1, -0.05) is 0 Å². The minimum Gasteiger partial charge on any atom is -0.467 e. The molecule has 0 unspecified atom stereocenters. The zero-order chi connectivity index (χ0) is 15.5. The van der Waals surface area contributed by atoms with Crippen molar-refractivity contribution < 1.29 is 18.7 Å². The Balaban J connectivity index is 1.73. The molecule has 0 aromatic heterocycles. The Labute approximate surface area is 129 Å². The Morgan fingerprint density at radius 2 is 2.14 bits per heavy atom. The van der Waals surface area contributed by atoms with Crippen LogP contribution in [0.2, 0.25) is 0 Å². The van der Waals surface area contributed by atoms with Crippen molar-refractivity contribution in [3.05, 3.63) is 29.1 Å². The zero-order valence-electron chi connectivity index (χ0n) is 12.8. The van der Waals surface area contributed by atoms with Gasteiger partial charge in [-0.05, 0) is 18.6 Å². The number of fused-ring (bicyclic) bond motifs is 1. The lowest BCUT2D eigenvalue weighted by molar-refractivity contribution is -0.128. The fourth-order valence-corrected chi connectivity index (χ4v) is 3.06. The van der Waals surface area contributed by atoms with Crippen LogP contribution in [0.5, 0.6) is 5.75 Å². The Morgan fingerprint density at radius 1 is 1.27 bits per heavy atom. The van der Waals surface area contributed by atoms with Gasteiger partial charge in [0.2, 0.25) is 5.91 Å². The average Bonchev–Trinajstić information content (AvgIpc) is 2.73. The summed E-state index contributed by atoms with van der Waals surface area (Å²) in [6, 6.07) is 3.01. The van der Waals surface area contributed by atoms with E-state index in [1.807, 2.05) is 4.90 Å². The standard InChI is InChI=1S/C16H21FN2O3/c1-12(20)19-4-2-3-18(5-6-19)9-13-7-15(17)8-14-10-21-11-22-16(13)14/h7-8H,2-6,9-11H2,1H3. The maximum absolute atomic E-state index is 13.8. The van der Waals surface area contributed by atoms with Crippen LogP contribution in [0.3, 0.4) is 0 Å². The molecule has 120 valence electrons. The SMILES string of the molecule is CC(=O)N1CCCN(Cc2cc(F)cc3c2OCOC3)CC1. The quantitative estimate of drug-likeness (QED) is 0.835. The van der Waals surface area contributed by atoms with Gasteiger partial charge in [0.15, 0.2) is 6.79 Å². The van der Waals surface area contributed by atoms with E-state index in [1.54, 1.807) is 6.92 Å². The summed E-state index contributed by atoms with van der Waals surface area (Å²) in [5.74, 6) is 0.605. The molecule has 0 radical (unpaired) electrons. The second-order valence-electron chi connectivity index (χ2n) is 5.80. The van der Waals surface area contributed by atoms with E-state index < -0.39 is 0 Å². The van der Waals surface area contributed by atoms with Gasteiger partial charge in [-0.25, -0.2) is 4.39 Å². The topological polar surface area (TPSA) is 42.0 Å². The van der Waals surface area contributed by atoms with Crippen LogP contribution in [-0.2, 0) is 22.7 Å². The molecule has 0 bridgehead atoms. The first-order valence-electron chi connectivity index (χ1n) is 7.63. The summed E-state index contributed by atoms with van der Waals surface area (Å²) >= 11 is 0. The van der Waals surface area contributed by atoms with Crippen LogP contribution in [0.1, 0.15) is 24.5 Å². The summed E-state index contributed by atoms with van der Waals surface area (Å²) < 4.78 is 24.5. The highest BCUT2D eigenvalue weighted by Gasteiger charge is 2.21. The molecule has 3 rings (SSSR count). The van der Waals surface area contributed by atoms with Crippen molar-refractivity contribution in [2.45, 2.75) is 26.5 Å². The largest absolute Gasteiger partial charge is 0.467 e. The fraction of sp³-hybridized carbons (Fsp3) is 0.562. The van der Waals surface area contributed by atoms with Gasteiger partial charge in [0.1, 0.15) is 11.6 Å². The first-order chi connectivity index (χ1) is 10.6. The molecule has 0 N–H and O–H groups in total. The summed E-state index contributed by atoms with van der Waals surface area (Å²) in [5.41, 5.74) is 1.62. The van der Waals surface area contributed by atoms with Gasteiger partial charge in [0.25, 0.3) is 0 Å². The van der Waals surface area contributed by atoms with Crippen molar-refractivity contribution in [2.24, 2.45) is 0 Å². The maximum atomic E-state index is 13.8. The highest BCUT2D eigenvalue weighted by molar-refractivity contribution is 5.73. The Kier molecular flexibility index (Phi) is 4.59. The van der Waals surface area contributed by atoms with Gasteiger partial charge < -0.3 is 14.4 Å². The molecule has 1 fully saturated rings. The molecule has 0 saturated carbocycles. The minimum absolute atomic E-state index is 0.116. The molecule has 1 aromatic carbocycles. The van der Waals surface area contributed by atoms with Gasteiger partial charge in [-0.15, -0.1) is 0 Å². The number of amides is 1. The lowest BCUT2D eigenvalue weighted by Crippen LogP contribution is -2.33. The van der Waals surface area contributed by atoms with E-state index in [9.17, 15) is 9.18 Å². The number of hydrogen-bond donors (Lipinski definition) is 0. The number of nitrogens with zero attached hydrogens (tertiary/aromatic N) is 2. The molecular formula is C16H21FN2O3. The van der Waals surface area contributed by atoms with Crippen molar-refractivity contribution in [3.8, 4) is 5.75 Å². The van der Waals surface area contributed by atoms with Crippen LogP contribution >= 0.6 is 0 Å². The summed E-state index contributed by atoms with van der Waals surface area (Å²) in [5, 5.41) is 0. The number of rotatable bonds is 2. The van der Waals surface area contributed by atoms with Gasteiger partial charge in [0.05, 0.1) is 6.61 Å². The van der Waals surface area contributed by atoms with Crippen LogP contribution in [0.15, 0.2) is 12.1 Å². The minimum atomic E-state index is -0.261. The first-order valence-corrected chi connectivity index (χ1v) is 7.63. The van der Waals surface area contributed by atoms with E-state index in [2.05, 4.69) is 4.90 Å². The summed E-state index contributed by atoms with van der Waals surface area (Å²) in [6.07, 6.45) is 0.932. The molecule has 1 amide bonds. The average molecular weight is 308 g/mol. The molecular weight excluding hydrogens is 287 g/mol. The van der Waals surface area contributed by atoms with Gasteiger partial charge in [0, 0.05) is 50.8 Å². The van der Waals surface area contributed by atoms with Crippen molar-refractivity contribution in [3.63, 3.8) is 0 Å². The van der Waals surface area contributed by atoms with Crippen LogP contribution in [-0.4, -0.2) is 48.7 Å². The number of carbonyl (C=O) groups is 1. The van der Waals surface area contributed by atoms with Gasteiger partial charge in [-0.3, -0.25) is 9.69 Å². The predicted molar refractivity (Wildman–Crippen MR) is 78.8 cm³/mol. The number of halogens is 1. The molecule has 2 heterocycles. The molecule has 2 aliphatic heterocycles. The number of benzene rings is 1. The third-order valence-electron chi connectivity index (χ3n) is 4.18. The molecule has 2 aliphatic rings. The number of hydrogen-bond acceptors (Lipinski definition) is 4. The van der Waals surface area contributed by atoms with E-state index >= 15 is 0 Å². The second kappa shape index (κ2) is 6.62. The molecule has 0 aliphatic carbocycles. The number of carbonyl (C=O) groups excluding carboxylic acids is 1. The lowest BCUT2D eigenvalue weighted by Gasteiger charge is -2.25. The molecule has 6 heteroatoms. The molecule has 22 heavy (non-hydrogen) atoms. The van der Waals surface area contributed by atoms with Crippen molar-refractivity contribution in [1.29, 1.82) is 0 Å². The molecule has 1 aromatic rings. The molecule has 1 saturated heterocycles. The highest BCUT2D eigenvalue weighted by Crippen LogP contribution is 2.30. The fourth-order valence-electron chi connectivity index (χ4n) is 3.06. The molecule has 5 nitrogen and oxygen atoms in total. The van der Waals surface area contributed by atoms with Crippen LogP contribution in [0.4, 0.5) is 4.39 Å². The Hall–Kier alpha value is -1.66. The van der Waals surface area contributed by atoms with Crippen molar-refractivity contribution in [1.82, 2.24) is 9.80 Å². The Morgan fingerprint density at radius 3 is 2.95 bits per heavy atom. The summed E-state index contributed by atoms with van der Waals surface area (Å²) in [7, 11) is 0. The Bertz CT molecular complexity index is 565. The molecule has 0 spiro atoms. The first kappa shape index (κ1) is 15.2.